The van der Waals surface area contributed by atoms with Gasteiger partial charge in [0.05, 0.1) is 34.4 Å². The molecular formula is C22H16Cl2N4O2S. The molecule has 0 fully saturated rings. The first-order chi connectivity index (χ1) is 14.9. The summed E-state index contributed by atoms with van der Waals surface area (Å²) in [6.45, 7) is 0. The van der Waals surface area contributed by atoms with Crippen LogP contribution in [0.4, 0.5) is 5.69 Å². The molecule has 0 saturated heterocycles. The van der Waals surface area contributed by atoms with Gasteiger partial charge >= 0.3 is 0 Å². The molecule has 6 nitrogen and oxygen atoms in total. The summed E-state index contributed by atoms with van der Waals surface area (Å²) in [5.41, 5.74) is 3.42. The molecule has 0 spiro atoms. The second kappa shape index (κ2) is 8.93. The number of nitrogens with one attached hydrogen (secondary N) is 3. The number of nitrogens with zero attached hydrogens (tertiary/aromatic N) is 1. The molecule has 1 aromatic heterocycles. The fourth-order valence-electron chi connectivity index (χ4n) is 3.04. The van der Waals surface area contributed by atoms with Crippen molar-refractivity contribution in [1.29, 1.82) is 0 Å². The standard InChI is InChI=1S/C22H16Cl2N4O2S/c1-30-19-9-6-12(20-25-16-4-2-3-5-17(16)26-20)10-18(19)27-22(31)28-21(29)14-11-13(23)7-8-15(14)24/h2-11H,1H3,(H,25,26)(H2,27,28,29,31). The Morgan fingerprint density at radius 3 is 2.68 bits per heavy atom. The molecule has 0 aliphatic carbocycles. The number of aromatic nitrogens is 2. The number of imidazole rings is 1. The monoisotopic (exact) mass is 470 g/mol. The number of carbonyl (C=O) groups is 1. The Balaban J connectivity index is 1.57. The van der Waals surface area contributed by atoms with Crippen molar-refractivity contribution in [3.63, 3.8) is 0 Å². The smallest absolute Gasteiger partial charge is 0.258 e. The van der Waals surface area contributed by atoms with E-state index in [9.17, 15) is 4.79 Å². The topological polar surface area (TPSA) is 79.0 Å². The van der Waals surface area contributed by atoms with Gasteiger partial charge in [-0.15, -0.1) is 0 Å². The summed E-state index contributed by atoms with van der Waals surface area (Å²) >= 11 is 17.4. The van der Waals surface area contributed by atoms with Crippen molar-refractivity contribution in [3.8, 4) is 17.1 Å². The number of fused-ring (bicyclic) bond motifs is 1. The van der Waals surface area contributed by atoms with Crippen LogP contribution in [-0.2, 0) is 0 Å². The van der Waals surface area contributed by atoms with Crippen molar-refractivity contribution in [2.24, 2.45) is 0 Å². The van der Waals surface area contributed by atoms with E-state index in [1.165, 1.54) is 6.07 Å². The van der Waals surface area contributed by atoms with Gasteiger partial charge in [-0.05, 0) is 60.7 Å². The highest BCUT2D eigenvalue weighted by molar-refractivity contribution is 7.80. The lowest BCUT2D eigenvalue weighted by Gasteiger charge is -2.14. The Bertz CT molecular complexity index is 1270. The number of rotatable bonds is 4. The molecule has 0 aliphatic rings. The summed E-state index contributed by atoms with van der Waals surface area (Å²) in [4.78, 5) is 20.4. The highest BCUT2D eigenvalue weighted by Crippen LogP contribution is 2.30. The number of ether oxygens (including phenoxy) is 1. The minimum absolute atomic E-state index is 0.0844. The van der Waals surface area contributed by atoms with Gasteiger partial charge in [-0.1, -0.05) is 35.3 Å². The largest absolute Gasteiger partial charge is 0.495 e. The van der Waals surface area contributed by atoms with Crippen molar-refractivity contribution in [2.75, 3.05) is 12.4 Å². The number of carbonyl (C=O) groups excluding carboxylic acids is 1. The van der Waals surface area contributed by atoms with E-state index in [0.717, 1.165) is 16.6 Å². The summed E-state index contributed by atoms with van der Waals surface area (Å²) in [6, 6.07) is 17.9. The first-order valence-electron chi connectivity index (χ1n) is 9.15. The Kier molecular flexibility index (Phi) is 6.08. The molecule has 1 amide bonds. The second-order valence-electron chi connectivity index (χ2n) is 6.55. The number of thiocarbonyl (C=S) groups is 1. The fourth-order valence-corrected chi connectivity index (χ4v) is 3.62. The van der Waals surface area contributed by atoms with Crippen molar-refractivity contribution >= 4 is 63.2 Å². The van der Waals surface area contributed by atoms with Gasteiger partial charge in [0.2, 0.25) is 0 Å². The molecule has 3 aromatic carbocycles. The maximum atomic E-state index is 12.5. The maximum Gasteiger partial charge on any atom is 0.258 e. The lowest BCUT2D eigenvalue weighted by molar-refractivity contribution is 0.0978. The number of benzene rings is 3. The van der Waals surface area contributed by atoms with E-state index in [2.05, 4.69) is 20.6 Å². The maximum absolute atomic E-state index is 12.5. The van der Waals surface area contributed by atoms with E-state index < -0.39 is 5.91 Å². The minimum Gasteiger partial charge on any atom is -0.495 e. The SMILES string of the molecule is COc1ccc(-c2nc3ccccc3[nH]2)cc1NC(=S)NC(=O)c1cc(Cl)ccc1Cl. The zero-order chi connectivity index (χ0) is 22.0. The predicted molar refractivity (Wildman–Crippen MR) is 128 cm³/mol. The molecule has 156 valence electrons. The average Bonchev–Trinajstić information content (AvgIpc) is 3.19. The number of methoxy groups -OCH3 is 1. The molecule has 0 saturated carbocycles. The Hall–Kier alpha value is -3.13. The zero-order valence-electron chi connectivity index (χ0n) is 16.2. The number of hydrogen-bond donors (Lipinski definition) is 3. The number of H-pyrrole nitrogens is 1. The third kappa shape index (κ3) is 4.64. The molecule has 0 radical (unpaired) electrons. The van der Waals surface area contributed by atoms with Gasteiger partial charge in [-0.2, -0.15) is 0 Å². The van der Waals surface area contributed by atoms with Gasteiger partial charge in [-0.25, -0.2) is 4.98 Å². The number of anilines is 1. The lowest BCUT2D eigenvalue weighted by atomic mass is 10.1. The number of hydrogen-bond acceptors (Lipinski definition) is 4. The highest BCUT2D eigenvalue weighted by atomic mass is 35.5. The summed E-state index contributed by atoms with van der Waals surface area (Å²) in [5.74, 6) is 0.780. The van der Waals surface area contributed by atoms with Crippen LogP contribution in [-0.4, -0.2) is 28.1 Å². The fraction of sp³-hybridized carbons (Fsp3) is 0.0455. The molecular weight excluding hydrogens is 455 g/mol. The van der Waals surface area contributed by atoms with Gasteiger partial charge in [0.25, 0.3) is 5.91 Å². The van der Waals surface area contributed by atoms with Crippen LogP contribution >= 0.6 is 35.4 Å². The van der Waals surface area contributed by atoms with Crippen molar-refractivity contribution in [3.05, 3.63) is 76.3 Å². The normalized spacial score (nSPS) is 10.7. The van der Waals surface area contributed by atoms with Gasteiger partial charge in [0.15, 0.2) is 5.11 Å². The minimum atomic E-state index is -0.475. The van der Waals surface area contributed by atoms with Crippen molar-refractivity contribution in [2.45, 2.75) is 0 Å². The Labute approximate surface area is 193 Å². The molecule has 0 bridgehead atoms. The highest BCUT2D eigenvalue weighted by Gasteiger charge is 2.15. The third-order valence-corrected chi connectivity index (χ3v) is 5.28. The van der Waals surface area contributed by atoms with Gasteiger partial charge in [-0.3, -0.25) is 10.1 Å². The van der Waals surface area contributed by atoms with E-state index in [1.54, 1.807) is 25.3 Å². The Morgan fingerprint density at radius 1 is 1.10 bits per heavy atom. The molecule has 9 heteroatoms. The summed E-state index contributed by atoms with van der Waals surface area (Å²) < 4.78 is 5.42. The van der Waals surface area contributed by atoms with Gasteiger partial charge in [0.1, 0.15) is 11.6 Å². The summed E-state index contributed by atoms with van der Waals surface area (Å²) in [5, 5.41) is 6.35. The predicted octanol–water partition coefficient (Wildman–Crippen LogP) is 5.67. The van der Waals surface area contributed by atoms with E-state index in [1.807, 2.05) is 36.4 Å². The molecule has 4 aromatic rings. The van der Waals surface area contributed by atoms with Crippen LogP contribution in [0.2, 0.25) is 10.0 Å². The number of para-hydroxylation sites is 2. The van der Waals surface area contributed by atoms with Crippen LogP contribution in [0.5, 0.6) is 5.75 Å². The molecule has 0 aliphatic heterocycles. The number of halogens is 2. The van der Waals surface area contributed by atoms with Crippen LogP contribution in [0.1, 0.15) is 10.4 Å². The molecule has 4 rings (SSSR count). The number of aromatic amines is 1. The molecule has 0 unspecified atom stereocenters. The van der Waals surface area contributed by atoms with E-state index >= 15 is 0 Å². The van der Waals surface area contributed by atoms with Gasteiger partial charge < -0.3 is 15.0 Å². The van der Waals surface area contributed by atoms with Crippen LogP contribution in [0.3, 0.4) is 0 Å². The molecule has 31 heavy (non-hydrogen) atoms. The van der Waals surface area contributed by atoms with Crippen molar-refractivity contribution in [1.82, 2.24) is 15.3 Å². The lowest BCUT2D eigenvalue weighted by Crippen LogP contribution is -2.34. The van der Waals surface area contributed by atoms with E-state index in [-0.39, 0.29) is 15.7 Å². The number of amides is 1. The van der Waals surface area contributed by atoms with Gasteiger partial charge in [0, 0.05) is 10.6 Å². The second-order valence-corrected chi connectivity index (χ2v) is 7.80. The average molecular weight is 471 g/mol. The molecule has 3 N–H and O–H groups in total. The van der Waals surface area contributed by atoms with Crippen LogP contribution in [0.15, 0.2) is 60.7 Å². The van der Waals surface area contributed by atoms with Crippen LogP contribution < -0.4 is 15.4 Å². The molecule has 1 heterocycles. The first kappa shape index (κ1) is 21.1. The molecule has 0 atom stereocenters. The van der Waals surface area contributed by atoms with Crippen molar-refractivity contribution < 1.29 is 9.53 Å². The summed E-state index contributed by atoms with van der Waals surface area (Å²) in [7, 11) is 1.55. The van der Waals surface area contributed by atoms with Crippen LogP contribution in [0, 0.1) is 0 Å². The van der Waals surface area contributed by atoms with E-state index in [0.29, 0.717) is 22.3 Å². The van der Waals surface area contributed by atoms with Crippen LogP contribution in [0.25, 0.3) is 22.4 Å². The third-order valence-electron chi connectivity index (χ3n) is 4.51. The zero-order valence-corrected chi connectivity index (χ0v) is 18.5. The quantitative estimate of drug-likeness (QED) is 0.334. The first-order valence-corrected chi connectivity index (χ1v) is 10.3. The van der Waals surface area contributed by atoms with E-state index in [4.69, 9.17) is 40.2 Å². The Morgan fingerprint density at radius 2 is 1.90 bits per heavy atom. The summed E-state index contributed by atoms with van der Waals surface area (Å²) in [6.07, 6.45) is 0.